The number of nitrogens with zero attached hydrogens (tertiary/aromatic N) is 3. The van der Waals surface area contributed by atoms with Gasteiger partial charge in [-0.25, -0.2) is 9.97 Å². The van der Waals surface area contributed by atoms with Crippen LogP contribution < -0.4 is 4.74 Å². The van der Waals surface area contributed by atoms with E-state index in [0.717, 1.165) is 31.4 Å². The van der Waals surface area contributed by atoms with Crippen molar-refractivity contribution in [2.24, 2.45) is 0 Å². The van der Waals surface area contributed by atoms with Crippen molar-refractivity contribution in [2.75, 3.05) is 6.61 Å². The minimum absolute atomic E-state index is 0.0363. The molecule has 0 aromatic carbocycles. The number of ether oxygens (including phenoxy) is 2. The summed E-state index contributed by atoms with van der Waals surface area (Å²) in [6.45, 7) is 6.36. The van der Waals surface area contributed by atoms with Crippen LogP contribution in [-0.2, 0) is 16.6 Å². The number of carbonyl (C=O) groups excluding carboxylic acids is 1. The van der Waals surface area contributed by atoms with Gasteiger partial charge in [-0.1, -0.05) is 0 Å². The number of hydrogen-bond donors (Lipinski definition) is 0. The Balaban J connectivity index is 1.36. The summed E-state index contributed by atoms with van der Waals surface area (Å²) in [5.41, 5.74) is 1.53. The van der Waals surface area contributed by atoms with Gasteiger partial charge in [-0.05, 0) is 46.5 Å². The molecular weight excluding hydrogens is 413 g/mol. The molecule has 0 amide bonds. The van der Waals surface area contributed by atoms with Gasteiger partial charge in [0, 0.05) is 35.7 Å². The number of carbonyl (C=O) groups is 1. The van der Waals surface area contributed by atoms with Crippen LogP contribution in [0.2, 0.25) is 0 Å². The van der Waals surface area contributed by atoms with E-state index < -0.39 is 5.82 Å². The zero-order valence-electron chi connectivity index (χ0n) is 18.5. The summed E-state index contributed by atoms with van der Waals surface area (Å²) in [5.74, 6) is 0.222. The average molecular weight is 439 g/mol. The number of rotatable bonds is 7. The number of fused-ring (bicyclic) bond motifs is 2. The first-order chi connectivity index (χ1) is 15.3. The number of Topliss-reactive ketones (excluding diaryl/α,β-unsaturated/α-hetero) is 1. The third kappa shape index (κ3) is 3.07. The zero-order chi connectivity index (χ0) is 22.3. The van der Waals surface area contributed by atoms with Crippen molar-refractivity contribution in [2.45, 2.75) is 75.9 Å². The van der Waals surface area contributed by atoms with E-state index in [4.69, 9.17) is 13.9 Å². The Kier molecular flexibility index (Phi) is 4.13. The molecule has 7 rings (SSSR count). The van der Waals surface area contributed by atoms with E-state index in [9.17, 15) is 4.79 Å². The predicted molar refractivity (Wildman–Crippen MR) is 113 cm³/mol. The van der Waals surface area contributed by atoms with E-state index in [1.807, 2.05) is 20.0 Å². The average Bonchev–Trinajstić information content (AvgIpc) is 3.07. The number of ketones is 1. The van der Waals surface area contributed by atoms with Crippen molar-refractivity contribution in [3.63, 3.8) is 0 Å². The van der Waals surface area contributed by atoms with Gasteiger partial charge in [0.25, 0.3) is 0 Å². The highest BCUT2D eigenvalue weighted by Crippen LogP contribution is 2.58. The molecule has 2 aliphatic carbocycles. The highest BCUT2D eigenvalue weighted by molar-refractivity contribution is 5.95. The number of halogens is 1. The maximum atomic E-state index is 15.6. The molecule has 4 fully saturated rings. The minimum atomic E-state index is -0.550. The molecule has 0 radical (unpaired) electrons. The van der Waals surface area contributed by atoms with Gasteiger partial charge < -0.3 is 18.3 Å². The van der Waals surface area contributed by atoms with Crippen LogP contribution >= 0.6 is 0 Å². The normalized spacial score (nSPS) is 26.7. The highest BCUT2D eigenvalue weighted by atomic mass is 19.1. The quantitative estimate of drug-likeness (QED) is 0.509. The Bertz CT molecular complexity index is 1230. The molecule has 4 aliphatic rings. The monoisotopic (exact) mass is 439 g/mol. The summed E-state index contributed by atoms with van der Waals surface area (Å²) in [6, 6.07) is 0. The first kappa shape index (κ1) is 19.9. The molecule has 0 atom stereocenters. The summed E-state index contributed by atoms with van der Waals surface area (Å²) < 4.78 is 34.4. The summed E-state index contributed by atoms with van der Waals surface area (Å²) in [7, 11) is 0. The smallest absolute Gasteiger partial charge is 0.208 e. The van der Waals surface area contributed by atoms with Crippen LogP contribution in [0.25, 0.3) is 5.65 Å². The van der Waals surface area contributed by atoms with E-state index in [2.05, 4.69) is 16.9 Å². The topological polar surface area (TPSA) is 78.9 Å². The van der Waals surface area contributed by atoms with Crippen molar-refractivity contribution < 1.29 is 23.1 Å². The number of pyridine rings is 1. The van der Waals surface area contributed by atoms with Gasteiger partial charge in [0.1, 0.15) is 12.0 Å². The molecule has 2 bridgehead atoms. The molecule has 7 nitrogen and oxygen atoms in total. The second-order valence-corrected chi connectivity index (χ2v) is 10.1. The Labute approximate surface area is 184 Å². The molecule has 8 heteroatoms. The van der Waals surface area contributed by atoms with Crippen molar-refractivity contribution >= 4 is 11.4 Å². The minimum Gasteiger partial charge on any atom is -0.487 e. The standard InChI is InChI=1S/C24H26FN3O4/c1-13(2)32-20-15(6-17(29)16-9-30-22(26-16)14-4-5-14)7-28-8-18(27-21(28)19(20)25)24-10-23(3,11-24)31-12-24/h7-9,13-14H,4-6,10-12H2,1-3H3. The Morgan fingerprint density at radius 1 is 1.31 bits per heavy atom. The van der Waals surface area contributed by atoms with Crippen molar-refractivity contribution in [1.82, 2.24) is 14.4 Å². The molecule has 2 aliphatic heterocycles. The SMILES string of the molecule is CC(C)Oc1c(CC(=O)c2coc(C3CC3)n2)cn2cc(C34COC(C)(C3)C4)nc2c1F. The van der Waals surface area contributed by atoms with Crippen LogP contribution in [0.5, 0.6) is 5.75 Å². The summed E-state index contributed by atoms with van der Waals surface area (Å²) in [6.07, 6.45) is 8.58. The molecule has 0 unspecified atom stereocenters. The molecule has 5 heterocycles. The molecular formula is C24H26FN3O4. The zero-order valence-corrected chi connectivity index (χ0v) is 18.5. The molecule has 3 aromatic heterocycles. The van der Waals surface area contributed by atoms with Crippen LogP contribution in [0, 0.1) is 5.82 Å². The Hall–Kier alpha value is -2.74. The van der Waals surface area contributed by atoms with E-state index >= 15 is 4.39 Å². The lowest BCUT2D eigenvalue weighted by atomic mass is 9.62. The molecule has 0 spiro atoms. The van der Waals surface area contributed by atoms with Gasteiger partial charge in [-0.15, -0.1) is 0 Å². The summed E-state index contributed by atoms with van der Waals surface area (Å²) in [5, 5.41) is 0. The second kappa shape index (κ2) is 6.63. The maximum absolute atomic E-state index is 15.6. The predicted octanol–water partition coefficient (Wildman–Crippen LogP) is 4.37. The van der Waals surface area contributed by atoms with Crippen molar-refractivity contribution in [3.05, 3.63) is 47.3 Å². The fraction of sp³-hybridized carbons (Fsp3) is 0.542. The lowest BCUT2D eigenvalue weighted by Crippen LogP contribution is -2.45. The lowest BCUT2D eigenvalue weighted by molar-refractivity contribution is 0.0154. The Morgan fingerprint density at radius 3 is 2.75 bits per heavy atom. The second-order valence-electron chi connectivity index (χ2n) is 10.1. The molecule has 2 saturated heterocycles. The number of aromatic nitrogens is 3. The van der Waals surface area contributed by atoms with E-state index in [0.29, 0.717) is 24.0 Å². The third-order valence-corrected chi connectivity index (χ3v) is 6.82. The number of oxazole rings is 1. The summed E-state index contributed by atoms with van der Waals surface area (Å²) >= 11 is 0. The van der Waals surface area contributed by atoms with Gasteiger partial charge >= 0.3 is 0 Å². The van der Waals surface area contributed by atoms with Crippen molar-refractivity contribution in [3.8, 4) is 5.75 Å². The fourth-order valence-electron chi connectivity index (χ4n) is 5.22. The third-order valence-electron chi connectivity index (χ3n) is 6.82. The highest BCUT2D eigenvalue weighted by Gasteiger charge is 2.61. The van der Waals surface area contributed by atoms with Gasteiger partial charge in [0.2, 0.25) is 5.82 Å². The molecule has 32 heavy (non-hydrogen) atoms. The molecule has 168 valence electrons. The first-order valence-electron chi connectivity index (χ1n) is 11.3. The molecule has 0 N–H and O–H groups in total. The molecule has 3 aromatic rings. The number of hydrogen-bond acceptors (Lipinski definition) is 6. The van der Waals surface area contributed by atoms with Crippen LogP contribution in [0.15, 0.2) is 23.1 Å². The first-order valence-corrected chi connectivity index (χ1v) is 11.3. The van der Waals surface area contributed by atoms with Crippen molar-refractivity contribution in [1.29, 1.82) is 0 Å². The van der Waals surface area contributed by atoms with E-state index in [1.165, 1.54) is 6.26 Å². The van der Waals surface area contributed by atoms with Gasteiger partial charge in [-0.3, -0.25) is 4.79 Å². The maximum Gasteiger partial charge on any atom is 0.208 e. The fourth-order valence-corrected chi connectivity index (χ4v) is 5.22. The van der Waals surface area contributed by atoms with Gasteiger partial charge in [0.15, 0.2) is 23.1 Å². The molecule has 2 saturated carbocycles. The lowest BCUT2D eigenvalue weighted by Gasteiger charge is -2.41. The van der Waals surface area contributed by atoms with Crippen LogP contribution in [0.4, 0.5) is 4.39 Å². The number of imidazole rings is 1. The largest absolute Gasteiger partial charge is 0.487 e. The van der Waals surface area contributed by atoms with Crippen LogP contribution in [0.3, 0.4) is 0 Å². The van der Waals surface area contributed by atoms with Gasteiger partial charge in [-0.2, -0.15) is 4.39 Å². The van der Waals surface area contributed by atoms with Gasteiger partial charge in [0.05, 0.1) is 24.0 Å². The van der Waals surface area contributed by atoms with E-state index in [-0.39, 0.29) is 46.4 Å². The summed E-state index contributed by atoms with van der Waals surface area (Å²) in [4.78, 5) is 21.9. The van der Waals surface area contributed by atoms with E-state index in [1.54, 1.807) is 10.6 Å². The van der Waals surface area contributed by atoms with Crippen LogP contribution in [-0.4, -0.2) is 38.5 Å². The Morgan fingerprint density at radius 2 is 2.09 bits per heavy atom. The van der Waals surface area contributed by atoms with Crippen LogP contribution in [0.1, 0.15) is 80.0 Å².